The Bertz CT molecular complexity index is 791. The van der Waals surface area contributed by atoms with Gasteiger partial charge in [0.15, 0.2) is 0 Å². The number of hydrogen-bond donors (Lipinski definition) is 0. The molecule has 0 radical (unpaired) electrons. The molecule has 28 heavy (non-hydrogen) atoms. The van der Waals surface area contributed by atoms with Gasteiger partial charge in [-0.1, -0.05) is 54.6 Å². The van der Waals surface area contributed by atoms with Crippen molar-refractivity contribution in [2.24, 2.45) is 5.92 Å². The fourth-order valence-electron chi connectivity index (χ4n) is 3.34. The highest BCUT2D eigenvalue weighted by Crippen LogP contribution is 2.25. The van der Waals surface area contributed by atoms with Gasteiger partial charge >= 0.3 is 12.1 Å². The van der Waals surface area contributed by atoms with Crippen LogP contribution in [0, 0.1) is 5.92 Å². The highest BCUT2D eigenvalue weighted by atomic mass is 16.6. The van der Waals surface area contributed by atoms with Crippen LogP contribution in [-0.4, -0.2) is 36.2 Å². The van der Waals surface area contributed by atoms with Crippen molar-refractivity contribution in [2.75, 3.05) is 13.1 Å². The molecule has 0 aliphatic carbocycles. The van der Waals surface area contributed by atoms with Gasteiger partial charge in [0.2, 0.25) is 0 Å². The molecule has 146 valence electrons. The number of allylic oxidation sites excluding steroid dienone is 1. The summed E-state index contributed by atoms with van der Waals surface area (Å²) in [5.74, 6) is -0.234. The van der Waals surface area contributed by atoms with Crippen molar-refractivity contribution in [1.82, 2.24) is 4.90 Å². The average Bonchev–Trinajstić information content (AvgIpc) is 2.74. The smallest absolute Gasteiger partial charge is 0.410 e. The Balaban J connectivity index is 1.61. The third kappa shape index (κ3) is 5.22. The van der Waals surface area contributed by atoms with Crippen molar-refractivity contribution in [1.29, 1.82) is 0 Å². The summed E-state index contributed by atoms with van der Waals surface area (Å²) in [5.41, 5.74) is 1.44. The van der Waals surface area contributed by atoms with Gasteiger partial charge in [0.1, 0.15) is 12.7 Å². The number of esters is 1. The normalized spacial score (nSPS) is 18.9. The number of likely N-dealkylation sites (tertiary alicyclic amines) is 1. The Labute approximate surface area is 165 Å². The predicted octanol–water partition coefficient (Wildman–Crippen LogP) is 4.45. The second-order valence-electron chi connectivity index (χ2n) is 6.87. The quantitative estimate of drug-likeness (QED) is 0.550. The fraction of sp³-hybridized carbons (Fsp3) is 0.304. The van der Waals surface area contributed by atoms with E-state index in [1.54, 1.807) is 29.2 Å². The number of ether oxygens (including phenoxy) is 2. The van der Waals surface area contributed by atoms with Gasteiger partial charge in [-0.05, 0) is 30.5 Å². The van der Waals surface area contributed by atoms with Gasteiger partial charge in [-0.15, -0.1) is 6.58 Å². The minimum absolute atomic E-state index is 0.142. The first-order valence-electron chi connectivity index (χ1n) is 9.50. The molecule has 5 heteroatoms. The molecule has 1 saturated heterocycles. The topological polar surface area (TPSA) is 55.8 Å². The number of nitrogens with zero attached hydrogens (tertiary/aromatic N) is 1. The number of benzene rings is 2. The van der Waals surface area contributed by atoms with E-state index in [0.717, 1.165) is 18.4 Å². The number of piperidine rings is 1. The van der Waals surface area contributed by atoms with E-state index in [4.69, 9.17) is 9.47 Å². The maximum Gasteiger partial charge on any atom is 0.410 e. The molecule has 0 saturated carbocycles. The van der Waals surface area contributed by atoms with E-state index in [1.165, 1.54) is 0 Å². The number of amides is 1. The standard InChI is InChI=1S/C23H25NO4/c1-2-9-19-14-15-24(23(26)27-17-18-10-5-3-6-11-18)16-21(19)28-22(25)20-12-7-4-8-13-20/h2-8,10-13,19,21H,1,9,14-17H2/t19-,21-/m0/s1. The van der Waals surface area contributed by atoms with Crippen LogP contribution in [0.15, 0.2) is 73.3 Å². The van der Waals surface area contributed by atoms with E-state index < -0.39 is 0 Å². The summed E-state index contributed by atoms with van der Waals surface area (Å²) in [6, 6.07) is 18.4. The summed E-state index contributed by atoms with van der Waals surface area (Å²) in [5, 5.41) is 0. The number of carbonyl (C=O) groups excluding carboxylic acids is 2. The van der Waals surface area contributed by atoms with Crippen LogP contribution >= 0.6 is 0 Å². The van der Waals surface area contributed by atoms with E-state index in [1.807, 2.05) is 42.5 Å². The highest BCUT2D eigenvalue weighted by molar-refractivity contribution is 5.89. The first kappa shape index (κ1) is 19.7. The summed E-state index contributed by atoms with van der Waals surface area (Å²) >= 11 is 0. The van der Waals surface area contributed by atoms with Crippen molar-refractivity contribution in [3.8, 4) is 0 Å². The molecule has 2 aromatic rings. The van der Waals surface area contributed by atoms with Crippen molar-refractivity contribution in [3.63, 3.8) is 0 Å². The Morgan fingerprint density at radius 2 is 1.75 bits per heavy atom. The van der Waals surface area contributed by atoms with Crippen LogP contribution in [0.1, 0.15) is 28.8 Å². The monoisotopic (exact) mass is 379 g/mol. The van der Waals surface area contributed by atoms with Crippen LogP contribution in [0.5, 0.6) is 0 Å². The molecule has 3 rings (SSSR count). The van der Waals surface area contributed by atoms with E-state index in [9.17, 15) is 9.59 Å². The zero-order valence-electron chi connectivity index (χ0n) is 15.8. The molecular formula is C23H25NO4. The minimum atomic E-state index is -0.387. The molecule has 1 fully saturated rings. The zero-order chi connectivity index (χ0) is 19.8. The van der Waals surface area contributed by atoms with Gasteiger partial charge in [-0.2, -0.15) is 0 Å². The van der Waals surface area contributed by atoms with Crippen LogP contribution in [-0.2, 0) is 16.1 Å². The van der Waals surface area contributed by atoms with Crippen LogP contribution in [0.3, 0.4) is 0 Å². The molecule has 2 aromatic carbocycles. The zero-order valence-corrected chi connectivity index (χ0v) is 15.8. The minimum Gasteiger partial charge on any atom is -0.457 e. The number of rotatable bonds is 6. The largest absolute Gasteiger partial charge is 0.457 e. The van der Waals surface area contributed by atoms with Gasteiger partial charge in [-0.3, -0.25) is 0 Å². The summed E-state index contributed by atoms with van der Waals surface area (Å²) in [6.45, 7) is 4.92. The van der Waals surface area contributed by atoms with Gasteiger partial charge < -0.3 is 14.4 Å². The summed E-state index contributed by atoms with van der Waals surface area (Å²) < 4.78 is 11.2. The Morgan fingerprint density at radius 3 is 2.43 bits per heavy atom. The third-order valence-corrected chi connectivity index (χ3v) is 4.90. The molecule has 1 aliphatic heterocycles. The molecule has 0 unspecified atom stereocenters. The van der Waals surface area contributed by atoms with Crippen LogP contribution < -0.4 is 0 Å². The van der Waals surface area contributed by atoms with Gasteiger partial charge in [0.05, 0.1) is 12.1 Å². The second-order valence-corrected chi connectivity index (χ2v) is 6.87. The van der Waals surface area contributed by atoms with Crippen LogP contribution in [0.25, 0.3) is 0 Å². The molecule has 0 N–H and O–H groups in total. The van der Waals surface area contributed by atoms with E-state index >= 15 is 0 Å². The maximum absolute atomic E-state index is 12.5. The van der Waals surface area contributed by atoms with Crippen molar-refractivity contribution < 1.29 is 19.1 Å². The first-order chi connectivity index (χ1) is 13.7. The lowest BCUT2D eigenvalue weighted by atomic mass is 9.91. The number of hydrogen-bond acceptors (Lipinski definition) is 4. The molecule has 2 atom stereocenters. The van der Waals surface area contributed by atoms with Crippen molar-refractivity contribution in [2.45, 2.75) is 25.6 Å². The van der Waals surface area contributed by atoms with Gasteiger partial charge in [0, 0.05) is 12.5 Å². The van der Waals surface area contributed by atoms with Crippen LogP contribution in [0.2, 0.25) is 0 Å². The summed E-state index contributed by atoms with van der Waals surface area (Å²) in [7, 11) is 0. The van der Waals surface area contributed by atoms with Crippen LogP contribution in [0.4, 0.5) is 4.79 Å². The molecule has 0 aromatic heterocycles. The fourth-order valence-corrected chi connectivity index (χ4v) is 3.34. The summed E-state index contributed by atoms with van der Waals surface area (Å²) in [4.78, 5) is 26.6. The van der Waals surface area contributed by atoms with E-state index in [-0.39, 0.29) is 30.7 Å². The second kappa shape index (κ2) is 9.74. The van der Waals surface area contributed by atoms with Gasteiger partial charge in [0.25, 0.3) is 0 Å². The molecule has 1 heterocycles. The molecular weight excluding hydrogens is 354 g/mol. The van der Waals surface area contributed by atoms with E-state index in [2.05, 4.69) is 6.58 Å². The highest BCUT2D eigenvalue weighted by Gasteiger charge is 2.34. The van der Waals surface area contributed by atoms with E-state index in [0.29, 0.717) is 18.7 Å². The molecule has 5 nitrogen and oxygen atoms in total. The molecule has 1 aliphatic rings. The van der Waals surface area contributed by atoms with Crippen molar-refractivity contribution >= 4 is 12.1 Å². The first-order valence-corrected chi connectivity index (χ1v) is 9.50. The lowest BCUT2D eigenvalue weighted by Gasteiger charge is -2.37. The summed E-state index contributed by atoms with van der Waals surface area (Å²) in [6.07, 6.45) is 2.53. The molecule has 0 bridgehead atoms. The Morgan fingerprint density at radius 1 is 1.07 bits per heavy atom. The van der Waals surface area contributed by atoms with Crippen molar-refractivity contribution in [3.05, 3.63) is 84.4 Å². The number of carbonyl (C=O) groups is 2. The maximum atomic E-state index is 12.5. The van der Waals surface area contributed by atoms with Gasteiger partial charge in [-0.25, -0.2) is 9.59 Å². The third-order valence-electron chi connectivity index (χ3n) is 4.90. The molecule has 0 spiro atoms. The Kier molecular flexibility index (Phi) is 6.84. The Hall–Kier alpha value is -3.08. The average molecular weight is 379 g/mol. The SMILES string of the molecule is C=CC[C@H]1CCN(C(=O)OCc2ccccc2)C[C@@H]1OC(=O)c1ccccc1. The lowest BCUT2D eigenvalue weighted by molar-refractivity contribution is -0.0184. The molecule has 1 amide bonds. The predicted molar refractivity (Wildman–Crippen MR) is 107 cm³/mol. The lowest BCUT2D eigenvalue weighted by Crippen LogP contribution is -2.48.